The van der Waals surface area contributed by atoms with Crippen molar-refractivity contribution in [3.8, 4) is 23.0 Å². The average molecular weight is 610 g/mol. The normalized spacial score (nSPS) is 12.6. The summed E-state index contributed by atoms with van der Waals surface area (Å²) in [6.45, 7) is 1.85. The standard InChI is InChI=1S/C35H31N3O5.ClH/c1-35(33(40)42-2,37-32(39)26-19-17-24(18-20-26)12-11-23-13-15-25(21-36)16-14-23)38-34(41)43-22-31-29-9-5-3-7-27(29)28-8-4-6-10-30(28)31;/h3-10,13-20,31H,21-22,36H2,1-2H3,(H,37,39)(H,38,41);1H. The molecule has 0 radical (unpaired) electrons. The fourth-order valence-corrected chi connectivity index (χ4v) is 5.05. The van der Waals surface area contributed by atoms with Crippen molar-refractivity contribution in [1.82, 2.24) is 10.6 Å². The zero-order chi connectivity index (χ0) is 30.4. The van der Waals surface area contributed by atoms with Gasteiger partial charge >= 0.3 is 12.1 Å². The molecule has 2 amide bonds. The van der Waals surface area contributed by atoms with Crippen molar-refractivity contribution in [3.63, 3.8) is 0 Å². The number of fused-ring (bicyclic) bond motifs is 3. The number of esters is 1. The van der Waals surface area contributed by atoms with Gasteiger partial charge in [-0.15, -0.1) is 12.4 Å². The van der Waals surface area contributed by atoms with Crippen LogP contribution in [0.1, 0.15) is 51.0 Å². The van der Waals surface area contributed by atoms with Crippen LogP contribution in [-0.4, -0.2) is 37.3 Å². The highest BCUT2D eigenvalue weighted by Gasteiger charge is 2.39. The number of carbonyl (C=O) groups is 3. The van der Waals surface area contributed by atoms with Crippen LogP contribution in [0.3, 0.4) is 0 Å². The number of hydrogen-bond donors (Lipinski definition) is 3. The topological polar surface area (TPSA) is 120 Å². The number of carbonyl (C=O) groups excluding carboxylic acids is 3. The van der Waals surface area contributed by atoms with Crippen LogP contribution in [0.4, 0.5) is 4.79 Å². The van der Waals surface area contributed by atoms with Gasteiger partial charge in [0.1, 0.15) is 6.61 Å². The Bertz CT molecular complexity index is 1680. The van der Waals surface area contributed by atoms with E-state index in [0.29, 0.717) is 12.1 Å². The predicted octanol–water partition coefficient (Wildman–Crippen LogP) is 5.12. The fraction of sp³-hybridized carbons (Fsp3) is 0.171. The first-order valence-electron chi connectivity index (χ1n) is 13.8. The second-order valence-corrected chi connectivity index (χ2v) is 10.2. The Morgan fingerprint density at radius 3 is 1.84 bits per heavy atom. The molecule has 44 heavy (non-hydrogen) atoms. The van der Waals surface area contributed by atoms with Crippen LogP contribution >= 0.6 is 12.4 Å². The second-order valence-electron chi connectivity index (χ2n) is 10.2. The monoisotopic (exact) mass is 609 g/mol. The first-order valence-corrected chi connectivity index (χ1v) is 13.8. The maximum absolute atomic E-state index is 13.1. The minimum Gasteiger partial charge on any atom is -0.466 e. The highest BCUT2D eigenvalue weighted by molar-refractivity contribution is 5.99. The first kappa shape index (κ1) is 31.8. The van der Waals surface area contributed by atoms with Crippen molar-refractivity contribution in [2.24, 2.45) is 5.73 Å². The number of ether oxygens (including phenoxy) is 2. The van der Waals surface area contributed by atoms with E-state index < -0.39 is 23.6 Å². The fourth-order valence-electron chi connectivity index (χ4n) is 5.05. The molecule has 0 aromatic heterocycles. The molecule has 9 heteroatoms. The van der Waals surface area contributed by atoms with E-state index in [2.05, 4.69) is 22.5 Å². The highest BCUT2D eigenvalue weighted by Crippen LogP contribution is 2.44. The molecular formula is C35H32ClN3O5. The largest absolute Gasteiger partial charge is 0.466 e. The smallest absolute Gasteiger partial charge is 0.409 e. The van der Waals surface area contributed by atoms with Crippen LogP contribution in [0.15, 0.2) is 97.1 Å². The molecule has 5 rings (SSSR count). The molecule has 4 aromatic rings. The number of rotatable bonds is 7. The van der Waals surface area contributed by atoms with E-state index in [0.717, 1.165) is 33.4 Å². The summed E-state index contributed by atoms with van der Waals surface area (Å²) < 4.78 is 10.5. The van der Waals surface area contributed by atoms with Gasteiger partial charge in [0, 0.05) is 29.2 Å². The Labute approximate surface area is 262 Å². The molecule has 1 unspecified atom stereocenters. The van der Waals surface area contributed by atoms with Crippen LogP contribution in [-0.2, 0) is 20.8 Å². The lowest BCUT2D eigenvalue weighted by atomic mass is 9.98. The number of nitrogens with two attached hydrogens (primary N) is 1. The van der Waals surface area contributed by atoms with Crippen molar-refractivity contribution in [2.75, 3.05) is 13.7 Å². The second kappa shape index (κ2) is 13.9. The molecule has 0 saturated carbocycles. The molecule has 4 aromatic carbocycles. The van der Waals surface area contributed by atoms with Crippen LogP contribution in [0.25, 0.3) is 11.1 Å². The zero-order valence-electron chi connectivity index (χ0n) is 24.3. The van der Waals surface area contributed by atoms with Crippen LogP contribution in [0, 0.1) is 11.8 Å². The Morgan fingerprint density at radius 2 is 1.32 bits per heavy atom. The van der Waals surface area contributed by atoms with Gasteiger partial charge < -0.3 is 20.5 Å². The molecule has 0 bridgehead atoms. The van der Waals surface area contributed by atoms with E-state index in [1.807, 2.05) is 72.8 Å². The van der Waals surface area contributed by atoms with E-state index in [4.69, 9.17) is 15.2 Å². The van der Waals surface area contributed by atoms with Gasteiger partial charge in [0.2, 0.25) is 5.66 Å². The first-order chi connectivity index (χ1) is 20.8. The molecule has 0 aliphatic heterocycles. The van der Waals surface area contributed by atoms with Crippen molar-refractivity contribution < 1.29 is 23.9 Å². The van der Waals surface area contributed by atoms with E-state index >= 15 is 0 Å². The van der Waals surface area contributed by atoms with Gasteiger partial charge in [-0.1, -0.05) is 72.5 Å². The van der Waals surface area contributed by atoms with Crippen LogP contribution in [0.2, 0.25) is 0 Å². The Kier molecular flexibility index (Phi) is 10.1. The highest BCUT2D eigenvalue weighted by atomic mass is 35.5. The lowest BCUT2D eigenvalue weighted by molar-refractivity contribution is -0.148. The molecule has 0 heterocycles. The predicted molar refractivity (Wildman–Crippen MR) is 170 cm³/mol. The van der Waals surface area contributed by atoms with Gasteiger partial charge in [-0.25, -0.2) is 9.59 Å². The Morgan fingerprint density at radius 1 is 0.795 bits per heavy atom. The van der Waals surface area contributed by atoms with E-state index in [1.54, 1.807) is 24.3 Å². The number of hydrogen-bond acceptors (Lipinski definition) is 6. The maximum atomic E-state index is 13.1. The Hall–Kier alpha value is -5.10. The van der Waals surface area contributed by atoms with Gasteiger partial charge in [-0.3, -0.25) is 10.1 Å². The van der Waals surface area contributed by atoms with Crippen molar-refractivity contribution in [2.45, 2.75) is 25.0 Å². The average Bonchev–Trinajstić information content (AvgIpc) is 3.36. The van der Waals surface area contributed by atoms with E-state index in [1.165, 1.54) is 14.0 Å². The minimum absolute atomic E-state index is 0. The lowest BCUT2D eigenvalue weighted by Gasteiger charge is -2.28. The van der Waals surface area contributed by atoms with Gasteiger partial charge in [0.05, 0.1) is 7.11 Å². The van der Waals surface area contributed by atoms with E-state index in [-0.39, 0.29) is 30.5 Å². The summed E-state index contributed by atoms with van der Waals surface area (Å²) in [6.07, 6.45) is -0.875. The molecule has 1 atom stereocenters. The third-order valence-corrected chi connectivity index (χ3v) is 7.34. The summed E-state index contributed by atoms with van der Waals surface area (Å²) in [6, 6.07) is 30.1. The lowest BCUT2D eigenvalue weighted by Crippen LogP contribution is -2.64. The summed E-state index contributed by atoms with van der Waals surface area (Å²) in [5.74, 6) is 4.51. The number of methoxy groups -OCH3 is 1. The van der Waals surface area contributed by atoms with E-state index in [9.17, 15) is 14.4 Å². The third-order valence-electron chi connectivity index (χ3n) is 7.34. The molecule has 0 spiro atoms. The summed E-state index contributed by atoms with van der Waals surface area (Å²) in [7, 11) is 1.17. The van der Waals surface area contributed by atoms with Crippen molar-refractivity contribution >= 4 is 30.4 Å². The molecule has 0 saturated heterocycles. The minimum atomic E-state index is -1.89. The molecule has 1 aliphatic carbocycles. The van der Waals surface area contributed by atoms with Crippen LogP contribution < -0.4 is 16.4 Å². The molecular weight excluding hydrogens is 578 g/mol. The van der Waals surface area contributed by atoms with Crippen molar-refractivity contribution in [1.29, 1.82) is 0 Å². The summed E-state index contributed by atoms with van der Waals surface area (Å²) >= 11 is 0. The molecule has 1 aliphatic rings. The van der Waals surface area contributed by atoms with Crippen molar-refractivity contribution in [3.05, 3.63) is 130 Å². The number of halogens is 1. The summed E-state index contributed by atoms with van der Waals surface area (Å²) in [5, 5.41) is 5.04. The summed E-state index contributed by atoms with van der Waals surface area (Å²) in [4.78, 5) is 38.7. The SMILES string of the molecule is COC(=O)C(C)(NC(=O)OCC1c2ccccc2-c2ccccc21)NC(=O)c1ccc(C#Cc2ccc(CN)cc2)cc1.Cl. The summed E-state index contributed by atoms with van der Waals surface area (Å²) in [5.41, 5.74) is 10.9. The Balaban J connectivity index is 0.00000442. The third kappa shape index (κ3) is 6.92. The molecule has 0 fully saturated rings. The quantitative estimate of drug-likeness (QED) is 0.152. The number of alkyl carbamates (subject to hydrolysis) is 1. The van der Waals surface area contributed by atoms with Gasteiger partial charge in [-0.2, -0.15) is 0 Å². The molecule has 224 valence electrons. The van der Waals surface area contributed by atoms with Crippen LogP contribution in [0.5, 0.6) is 0 Å². The molecule has 8 nitrogen and oxygen atoms in total. The number of amides is 2. The van der Waals surface area contributed by atoms with Gasteiger partial charge in [-0.05, 0) is 71.1 Å². The maximum Gasteiger partial charge on any atom is 0.409 e. The molecule has 4 N–H and O–H groups in total. The zero-order valence-corrected chi connectivity index (χ0v) is 25.1. The van der Waals surface area contributed by atoms with Gasteiger partial charge in [0.25, 0.3) is 5.91 Å². The van der Waals surface area contributed by atoms with Gasteiger partial charge in [0.15, 0.2) is 0 Å². The number of nitrogens with one attached hydrogen (secondary N) is 2. The number of benzene rings is 4.